The van der Waals surface area contributed by atoms with Crippen molar-refractivity contribution in [3.05, 3.63) is 35.4 Å². The van der Waals surface area contributed by atoms with E-state index in [1.807, 2.05) is 12.1 Å². The Balaban J connectivity index is 2.89. The summed E-state index contributed by atoms with van der Waals surface area (Å²) in [5, 5.41) is 0. The molecule has 0 aliphatic carbocycles. The molecule has 0 amide bonds. The van der Waals surface area contributed by atoms with Gasteiger partial charge in [0.1, 0.15) is 6.29 Å². The van der Waals surface area contributed by atoms with E-state index in [1.54, 1.807) is 12.1 Å². The van der Waals surface area contributed by atoms with E-state index < -0.39 is 5.89 Å². The van der Waals surface area contributed by atoms with Gasteiger partial charge < -0.3 is 4.79 Å². The van der Waals surface area contributed by atoms with Crippen LogP contribution in [0.3, 0.4) is 0 Å². The average Bonchev–Trinajstić information content (AvgIpc) is 2.28. The first kappa shape index (κ1) is 8.22. The van der Waals surface area contributed by atoms with E-state index in [0.29, 0.717) is 17.8 Å². The number of carbonyl (C=O) groups excluding carboxylic acids is 1. The van der Waals surface area contributed by atoms with Crippen molar-refractivity contribution in [3.8, 4) is 0 Å². The summed E-state index contributed by atoms with van der Waals surface area (Å²) < 4.78 is 15.1. The molecule has 0 saturated heterocycles. The summed E-state index contributed by atoms with van der Waals surface area (Å²) in [5.74, 6) is -0.815. The number of benzene rings is 1. The second-order valence-electron chi connectivity index (χ2n) is 3.94. The third-order valence-corrected chi connectivity index (χ3v) is 2.11. The van der Waals surface area contributed by atoms with Crippen LogP contribution < -0.4 is 0 Å². The second kappa shape index (κ2) is 4.94. The molecule has 1 heteroatoms. The minimum absolute atomic E-state index is 0.236. The van der Waals surface area contributed by atoms with Gasteiger partial charge in [-0.1, -0.05) is 45.0 Å². The number of hydrogen-bond acceptors (Lipinski definition) is 1. The molecule has 1 aromatic carbocycles. The van der Waals surface area contributed by atoms with E-state index in [2.05, 4.69) is 13.8 Å². The zero-order valence-corrected chi connectivity index (χ0v) is 8.79. The molecule has 1 rings (SSSR count). The predicted octanol–water partition coefficient (Wildman–Crippen LogP) is 3.19. The van der Waals surface area contributed by atoms with Gasteiger partial charge in [-0.15, -0.1) is 0 Å². The Morgan fingerprint density at radius 3 is 2.50 bits per heavy atom. The highest BCUT2D eigenvalue weighted by Gasteiger charge is 2.03. The molecule has 0 aromatic heterocycles. The lowest BCUT2D eigenvalue weighted by atomic mass is 9.98. The van der Waals surface area contributed by atoms with Gasteiger partial charge in [0.05, 0.1) is 0 Å². The molecule has 0 spiro atoms. The van der Waals surface area contributed by atoms with E-state index in [0.717, 1.165) is 6.42 Å². The normalized spacial score (nSPS) is 17.1. The second-order valence-corrected chi connectivity index (χ2v) is 3.94. The lowest BCUT2D eigenvalue weighted by molar-refractivity contribution is -0.108. The van der Waals surface area contributed by atoms with E-state index in [-0.39, 0.29) is 6.90 Å². The molecule has 76 valence electrons. The van der Waals surface area contributed by atoms with Gasteiger partial charge in [0.2, 0.25) is 0 Å². The summed E-state index contributed by atoms with van der Waals surface area (Å²) in [6.45, 7) is 4.07. The molecule has 0 bridgehead atoms. The van der Waals surface area contributed by atoms with Crippen LogP contribution in [0.5, 0.6) is 0 Å². The first-order valence-electron chi connectivity index (χ1n) is 6.07. The summed E-state index contributed by atoms with van der Waals surface area (Å²) in [6.07, 6.45) is 1.53. The molecule has 1 nitrogen and oxygen atoms in total. The molecule has 1 atom stereocenters. The van der Waals surface area contributed by atoms with Crippen LogP contribution in [0.1, 0.15) is 40.5 Å². The smallest absolute Gasteiger partial charge is 0.127 e. The van der Waals surface area contributed by atoms with Crippen LogP contribution in [0.15, 0.2) is 24.3 Å². The monoisotopic (exact) mass is 192 g/mol. The van der Waals surface area contributed by atoms with Gasteiger partial charge in [0.25, 0.3) is 0 Å². The Kier molecular flexibility index (Phi) is 2.90. The number of hydrogen-bond donors (Lipinski definition) is 0. The summed E-state index contributed by atoms with van der Waals surface area (Å²) >= 11 is 0. The highest BCUT2D eigenvalue weighted by atomic mass is 16.1. The van der Waals surface area contributed by atoms with Gasteiger partial charge in [-0.25, -0.2) is 0 Å². The Morgan fingerprint density at radius 2 is 2.07 bits per heavy atom. The summed E-state index contributed by atoms with van der Waals surface area (Å²) in [4.78, 5) is 10.8. The van der Waals surface area contributed by atoms with Crippen LogP contribution in [-0.2, 0) is 11.2 Å². The van der Waals surface area contributed by atoms with Gasteiger partial charge in [0.15, 0.2) is 0 Å². The molecule has 0 N–H and O–H groups in total. The van der Waals surface area contributed by atoms with Crippen LogP contribution >= 0.6 is 0 Å². The molecule has 0 aliphatic rings. The largest absolute Gasteiger partial charge is 0.303 e. The van der Waals surface area contributed by atoms with Crippen molar-refractivity contribution in [1.82, 2.24) is 0 Å². The molecular formula is C13H18O. The van der Waals surface area contributed by atoms with Gasteiger partial charge >= 0.3 is 0 Å². The molecule has 0 fully saturated rings. The third kappa shape index (κ3) is 2.99. The van der Waals surface area contributed by atoms with Crippen LogP contribution in [0.2, 0.25) is 0 Å². The van der Waals surface area contributed by atoms with Crippen molar-refractivity contribution < 1.29 is 7.54 Å². The quantitative estimate of drug-likeness (QED) is 0.670. The minimum atomic E-state index is -1.41. The predicted molar refractivity (Wildman–Crippen MR) is 59.5 cm³/mol. The third-order valence-electron chi connectivity index (χ3n) is 2.11. The molecule has 0 aliphatic heterocycles. The van der Waals surface area contributed by atoms with Crippen molar-refractivity contribution in [1.29, 1.82) is 0 Å². The summed E-state index contributed by atoms with van der Waals surface area (Å²) in [7, 11) is 0. The zero-order chi connectivity index (χ0) is 12.2. The van der Waals surface area contributed by atoms with Gasteiger partial charge in [-0.05, 0) is 23.5 Å². The highest BCUT2D eigenvalue weighted by molar-refractivity contribution is 5.61. The Bertz CT molecular complexity index is 345. The molecule has 0 heterocycles. The maximum atomic E-state index is 10.8. The lowest BCUT2D eigenvalue weighted by Crippen LogP contribution is -1.97. The minimum Gasteiger partial charge on any atom is -0.303 e. The highest BCUT2D eigenvalue weighted by Crippen LogP contribution is 2.15. The van der Waals surface area contributed by atoms with Gasteiger partial charge in [0, 0.05) is 8.64 Å². The molecule has 14 heavy (non-hydrogen) atoms. The van der Waals surface area contributed by atoms with E-state index in [1.165, 1.54) is 5.56 Å². The van der Waals surface area contributed by atoms with Gasteiger partial charge in [-0.2, -0.15) is 0 Å². The van der Waals surface area contributed by atoms with Crippen LogP contribution in [0.25, 0.3) is 0 Å². The summed E-state index contributed by atoms with van der Waals surface area (Å²) in [5.41, 5.74) is 1.81. The van der Waals surface area contributed by atoms with Gasteiger partial charge in [-0.3, -0.25) is 0 Å². The number of carbonyl (C=O) groups is 1. The molecule has 0 saturated carbocycles. The van der Waals surface area contributed by atoms with Crippen molar-refractivity contribution in [2.75, 3.05) is 0 Å². The average molecular weight is 192 g/mol. The molecule has 1 unspecified atom stereocenters. The van der Waals surface area contributed by atoms with Crippen LogP contribution in [0.4, 0.5) is 0 Å². The maximum absolute atomic E-state index is 10.8. The van der Waals surface area contributed by atoms with Crippen LogP contribution in [0, 0.1) is 5.92 Å². The Hall–Kier alpha value is -1.11. The fourth-order valence-corrected chi connectivity index (χ4v) is 1.39. The maximum Gasteiger partial charge on any atom is 0.127 e. The summed E-state index contributed by atoms with van der Waals surface area (Å²) in [6, 6.07) is 7.46. The molecular weight excluding hydrogens is 172 g/mol. The Morgan fingerprint density at radius 1 is 1.43 bits per heavy atom. The standard InChI is InChI=1S/C13H18O/c1-10(2)8-12-4-6-13(7-5-12)11(3)9-14/h4-7,9-11H,8H2,1-3H3/i3D,11D. The van der Waals surface area contributed by atoms with E-state index >= 15 is 0 Å². The van der Waals surface area contributed by atoms with Crippen LogP contribution in [-0.4, -0.2) is 6.29 Å². The van der Waals surface area contributed by atoms with E-state index in [4.69, 9.17) is 2.74 Å². The van der Waals surface area contributed by atoms with Crippen molar-refractivity contribution in [2.45, 2.75) is 33.1 Å². The topological polar surface area (TPSA) is 17.1 Å². The van der Waals surface area contributed by atoms with Crippen molar-refractivity contribution >= 4 is 6.29 Å². The molecule has 1 aromatic rings. The SMILES string of the molecule is [2H]CC([2H])(C=O)c1ccc(CC(C)C)cc1. The first-order chi connectivity index (χ1) is 7.51. The fraction of sp³-hybridized carbons (Fsp3) is 0.462. The number of rotatable bonds is 4. The van der Waals surface area contributed by atoms with Crippen molar-refractivity contribution in [2.24, 2.45) is 5.92 Å². The fourth-order valence-electron chi connectivity index (χ4n) is 1.39. The van der Waals surface area contributed by atoms with Crippen molar-refractivity contribution in [3.63, 3.8) is 0 Å². The molecule has 0 radical (unpaired) electrons. The Labute approximate surface area is 89.0 Å². The zero-order valence-electron chi connectivity index (χ0n) is 10.8. The lowest BCUT2D eigenvalue weighted by Gasteiger charge is -2.07. The van der Waals surface area contributed by atoms with E-state index in [9.17, 15) is 4.79 Å². The first-order valence-corrected chi connectivity index (χ1v) is 4.87. The number of aldehydes is 1.